The third-order valence-corrected chi connectivity index (χ3v) is 14.3. The molecule has 3 heteroatoms. The zero-order valence-corrected chi connectivity index (χ0v) is 17.7. The third kappa shape index (κ3) is 4.30. The molecular weight excluding hydrogens is 312 g/mol. The molecule has 2 N–H and O–H groups in total. The van der Waals surface area contributed by atoms with Gasteiger partial charge in [-0.3, -0.25) is 0 Å². The SMILES string of the molecule is CC(O)[C@@H]([C@H](CO)Cc1ccccc1)[Si](C(C)C)(C(C)C)C(C)C. The monoisotopic (exact) mass is 350 g/mol. The van der Waals surface area contributed by atoms with Gasteiger partial charge in [0.05, 0.1) is 14.2 Å². The van der Waals surface area contributed by atoms with Gasteiger partial charge in [-0.15, -0.1) is 0 Å². The third-order valence-electron chi connectivity index (χ3n) is 6.18. The van der Waals surface area contributed by atoms with Crippen LogP contribution in [0.3, 0.4) is 0 Å². The van der Waals surface area contributed by atoms with Gasteiger partial charge >= 0.3 is 0 Å². The highest BCUT2D eigenvalue weighted by atomic mass is 28.3. The summed E-state index contributed by atoms with van der Waals surface area (Å²) in [5, 5.41) is 21.0. The largest absolute Gasteiger partial charge is 0.396 e. The lowest BCUT2D eigenvalue weighted by atomic mass is 9.94. The summed E-state index contributed by atoms with van der Waals surface area (Å²) < 4.78 is 0. The molecule has 0 bridgehead atoms. The maximum absolute atomic E-state index is 10.8. The van der Waals surface area contributed by atoms with Crippen molar-refractivity contribution < 1.29 is 10.2 Å². The molecule has 0 aliphatic carbocycles. The maximum Gasteiger partial charge on any atom is 0.0675 e. The van der Waals surface area contributed by atoms with Crippen LogP contribution in [0.4, 0.5) is 0 Å². The van der Waals surface area contributed by atoms with Gasteiger partial charge in [0, 0.05) is 6.61 Å². The summed E-state index contributed by atoms with van der Waals surface area (Å²) in [5.41, 5.74) is 3.16. The van der Waals surface area contributed by atoms with Crippen LogP contribution >= 0.6 is 0 Å². The summed E-state index contributed by atoms with van der Waals surface area (Å²) >= 11 is 0. The van der Waals surface area contributed by atoms with E-state index in [-0.39, 0.29) is 24.2 Å². The average molecular weight is 351 g/mol. The van der Waals surface area contributed by atoms with Gasteiger partial charge in [0.2, 0.25) is 0 Å². The van der Waals surface area contributed by atoms with Crippen molar-refractivity contribution in [2.75, 3.05) is 6.61 Å². The molecule has 0 saturated carbocycles. The molecule has 0 saturated heterocycles. The van der Waals surface area contributed by atoms with Gasteiger partial charge in [-0.25, -0.2) is 0 Å². The number of hydrogen-bond acceptors (Lipinski definition) is 2. The fourth-order valence-corrected chi connectivity index (χ4v) is 13.8. The van der Waals surface area contributed by atoms with E-state index >= 15 is 0 Å². The van der Waals surface area contributed by atoms with Crippen LogP contribution in [0.15, 0.2) is 30.3 Å². The summed E-state index contributed by atoms with van der Waals surface area (Å²) in [5.74, 6) is 0.117. The van der Waals surface area contributed by atoms with Crippen molar-refractivity contribution in [1.82, 2.24) is 0 Å². The van der Waals surface area contributed by atoms with Gasteiger partial charge in [0.1, 0.15) is 0 Å². The summed E-state index contributed by atoms with van der Waals surface area (Å²) in [4.78, 5) is 0. The van der Waals surface area contributed by atoms with Crippen molar-refractivity contribution in [3.63, 3.8) is 0 Å². The van der Waals surface area contributed by atoms with E-state index in [4.69, 9.17) is 0 Å². The molecule has 3 atom stereocenters. The fraction of sp³-hybridized carbons (Fsp3) is 0.714. The topological polar surface area (TPSA) is 40.5 Å². The first-order chi connectivity index (χ1) is 11.2. The zero-order chi connectivity index (χ0) is 18.5. The normalized spacial score (nSPS) is 16.7. The molecule has 24 heavy (non-hydrogen) atoms. The number of rotatable bonds is 9. The first kappa shape index (κ1) is 21.4. The highest BCUT2D eigenvalue weighted by Crippen LogP contribution is 2.53. The van der Waals surface area contributed by atoms with Crippen LogP contribution < -0.4 is 0 Å². The molecular formula is C21H38O2Si. The molecule has 0 aliphatic rings. The Morgan fingerprint density at radius 2 is 1.29 bits per heavy atom. The molecule has 0 radical (unpaired) electrons. The molecule has 1 aromatic rings. The Bertz CT molecular complexity index is 446. The van der Waals surface area contributed by atoms with Crippen molar-refractivity contribution in [2.24, 2.45) is 5.92 Å². The Labute approximate surface area is 150 Å². The van der Waals surface area contributed by atoms with Crippen LogP contribution in [0.1, 0.15) is 54.0 Å². The van der Waals surface area contributed by atoms with Gasteiger partial charge in [-0.1, -0.05) is 88.5 Å². The van der Waals surface area contributed by atoms with E-state index in [2.05, 4.69) is 65.8 Å². The second kappa shape index (κ2) is 9.16. The van der Waals surface area contributed by atoms with Crippen molar-refractivity contribution in [3.05, 3.63) is 35.9 Å². The predicted molar refractivity (Wildman–Crippen MR) is 107 cm³/mol. The quantitative estimate of drug-likeness (QED) is 0.596. The molecule has 138 valence electrons. The van der Waals surface area contributed by atoms with Crippen LogP contribution in [0, 0.1) is 5.92 Å². The van der Waals surface area contributed by atoms with Crippen LogP contribution in [-0.2, 0) is 6.42 Å². The van der Waals surface area contributed by atoms with Gasteiger partial charge in [-0.05, 0) is 30.4 Å². The average Bonchev–Trinajstić information content (AvgIpc) is 2.50. The summed E-state index contributed by atoms with van der Waals surface area (Å²) in [7, 11) is -1.87. The van der Waals surface area contributed by atoms with Crippen LogP contribution in [0.25, 0.3) is 0 Å². The van der Waals surface area contributed by atoms with E-state index < -0.39 is 8.07 Å². The molecule has 1 rings (SSSR count). The van der Waals surface area contributed by atoms with Gasteiger partial charge in [0.15, 0.2) is 0 Å². The molecule has 0 heterocycles. The summed E-state index contributed by atoms with van der Waals surface area (Å²) in [6.45, 7) is 16.1. The minimum absolute atomic E-state index is 0.117. The van der Waals surface area contributed by atoms with Crippen molar-refractivity contribution >= 4 is 8.07 Å². The number of hydrogen-bond donors (Lipinski definition) is 2. The van der Waals surface area contributed by atoms with E-state index in [0.717, 1.165) is 6.42 Å². The minimum Gasteiger partial charge on any atom is -0.396 e. The van der Waals surface area contributed by atoms with E-state index in [1.807, 2.05) is 13.0 Å². The first-order valence-electron chi connectivity index (χ1n) is 9.52. The molecule has 1 aromatic carbocycles. The Morgan fingerprint density at radius 3 is 1.62 bits per heavy atom. The molecule has 0 amide bonds. The Kier molecular flexibility index (Phi) is 8.17. The van der Waals surface area contributed by atoms with Crippen molar-refractivity contribution in [2.45, 2.75) is 83.2 Å². The Morgan fingerprint density at radius 1 is 0.833 bits per heavy atom. The number of benzene rings is 1. The molecule has 0 aliphatic heterocycles. The smallest absolute Gasteiger partial charge is 0.0675 e. The standard InChI is InChI=1S/C21H38O2Si/c1-15(2)24(16(3)4,17(5)6)21(18(7)23)20(14-22)13-19-11-9-8-10-12-19/h8-12,15-18,20-23H,13-14H2,1-7H3/t18?,20-,21-/m0/s1. The Hall–Kier alpha value is -0.643. The molecule has 1 unspecified atom stereocenters. The fourth-order valence-electron chi connectivity index (χ4n) is 5.60. The first-order valence-corrected chi connectivity index (χ1v) is 11.8. The molecule has 2 nitrogen and oxygen atoms in total. The molecule has 0 fully saturated rings. The van der Waals surface area contributed by atoms with Crippen LogP contribution in [-0.4, -0.2) is 31.0 Å². The lowest BCUT2D eigenvalue weighted by Crippen LogP contribution is -2.55. The highest BCUT2D eigenvalue weighted by Gasteiger charge is 2.52. The summed E-state index contributed by atoms with van der Waals surface area (Å²) in [6.07, 6.45) is 0.457. The van der Waals surface area contributed by atoms with E-state index in [1.165, 1.54) is 5.56 Å². The van der Waals surface area contributed by atoms with E-state index in [1.54, 1.807) is 0 Å². The van der Waals surface area contributed by atoms with E-state index in [9.17, 15) is 10.2 Å². The second-order valence-corrected chi connectivity index (χ2v) is 14.5. The van der Waals surface area contributed by atoms with Crippen molar-refractivity contribution in [1.29, 1.82) is 0 Å². The van der Waals surface area contributed by atoms with Crippen LogP contribution in [0.2, 0.25) is 22.2 Å². The minimum atomic E-state index is -1.87. The van der Waals surface area contributed by atoms with Gasteiger partial charge in [-0.2, -0.15) is 0 Å². The van der Waals surface area contributed by atoms with E-state index in [0.29, 0.717) is 16.6 Å². The lowest BCUT2D eigenvalue weighted by Gasteiger charge is -2.52. The van der Waals surface area contributed by atoms with Crippen LogP contribution in [0.5, 0.6) is 0 Å². The highest BCUT2D eigenvalue weighted by molar-refractivity contribution is 6.85. The molecule has 0 aromatic heterocycles. The Balaban J connectivity index is 3.34. The zero-order valence-electron chi connectivity index (χ0n) is 16.7. The lowest BCUT2D eigenvalue weighted by molar-refractivity contribution is 0.122. The predicted octanol–water partition coefficient (Wildman–Crippen LogP) is 5.27. The van der Waals surface area contributed by atoms with Gasteiger partial charge in [0.25, 0.3) is 0 Å². The summed E-state index contributed by atoms with van der Waals surface area (Å²) in [6, 6.07) is 10.4. The van der Waals surface area contributed by atoms with Crippen molar-refractivity contribution in [3.8, 4) is 0 Å². The second-order valence-electron chi connectivity index (χ2n) is 8.36. The number of aliphatic hydroxyl groups excluding tert-OH is 2. The maximum atomic E-state index is 10.8. The molecule has 0 spiro atoms. The van der Waals surface area contributed by atoms with Gasteiger partial charge < -0.3 is 10.2 Å². The number of aliphatic hydroxyl groups is 2.